The molecule has 0 saturated carbocycles. The minimum atomic E-state index is -0.345. The highest BCUT2D eigenvalue weighted by Crippen LogP contribution is 2.11. The van der Waals surface area contributed by atoms with Crippen LogP contribution in [0.15, 0.2) is 0 Å². The monoisotopic (exact) mass is 313 g/mol. The maximum absolute atomic E-state index is 11.8. The zero-order chi connectivity index (χ0) is 16.8. The molecule has 126 valence electrons. The summed E-state index contributed by atoms with van der Waals surface area (Å²) in [5.41, 5.74) is -0.345. The van der Waals surface area contributed by atoms with E-state index in [9.17, 15) is 14.4 Å². The Morgan fingerprint density at radius 3 is 2.23 bits per heavy atom. The standard InChI is InChI=1S/C15H27N3O4/c1-5-22-14(21)18-8-6-11(7-9-18)16-12(19)10-13(20)17-15(2,3)4/h11H,5-10H2,1-4H3,(H,16,19)(H,17,20). The van der Waals surface area contributed by atoms with E-state index in [-0.39, 0.29) is 35.9 Å². The first kappa shape index (κ1) is 18.3. The molecule has 0 aromatic heterocycles. The molecule has 2 N–H and O–H groups in total. The van der Waals surface area contributed by atoms with Gasteiger partial charge < -0.3 is 20.3 Å². The smallest absolute Gasteiger partial charge is 0.409 e. The second kappa shape index (κ2) is 8.00. The molecule has 1 saturated heterocycles. The molecular weight excluding hydrogens is 286 g/mol. The van der Waals surface area contributed by atoms with Gasteiger partial charge in [0, 0.05) is 24.7 Å². The van der Waals surface area contributed by atoms with Crippen LogP contribution in [0.25, 0.3) is 0 Å². The van der Waals surface area contributed by atoms with Crippen LogP contribution >= 0.6 is 0 Å². The fourth-order valence-corrected chi connectivity index (χ4v) is 2.31. The number of nitrogens with zero attached hydrogens (tertiary/aromatic N) is 1. The lowest BCUT2D eigenvalue weighted by Crippen LogP contribution is -2.48. The summed E-state index contributed by atoms with van der Waals surface area (Å²) in [5, 5.41) is 5.60. The molecule has 0 aliphatic carbocycles. The van der Waals surface area contributed by atoms with Crippen molar-refractivity contribution in [2.24, 2.45) is 0 Å². The van der Waals surface area contributed by atoms with E-state index in [0.29, 0.717) is 32.5 Å². The number of amides is 3. The van der Waals surface area contributed by atoms with E-state index in [0.717, 1.165) is 0 Å². The van der Waals surface area contributed by atoms with E-state index in [1.165, 1.54) is 0 Å². The van der Waals surface area contributed by atoms with Crippen molar-refractivity contribution in [2.75, 3.05) is 19.7 Å². The van der Waals surface area contributed by atoms with Crippen LogP contribution in [0.5, 0.6) is 0 Å². The number of piperidine rings is 1. The molecule has 1 aliphatic heterocycles. The summed E-state index contributed by atoms with van der Waals surface area (Å²) in [6, 6.07) is 0.000568. The van der Waals surface area contributed by atoms with E-state index < -0.39 is 0 Å². The number of nitrogens with one attached hydrogen (secondary N) is 2. The van der Waals surface area contributed by atoms with Crippen LogP contribution in [0.2, 0.25) is 0 Å². The number of ether oxygens (including phenoxy) is 1. The molecule has 22 heavy (non-hydrogen) atoms. The summed E-state index contributed by atoms with van der Waals surface area (Å²) in [6.45, 7) is 8.84. The van der Waals surface area contributed by atoms with Crippen molar-refractivity contribution in [1.82, 2.24) is 15.5 Å². The zero-order valence-corrected chi connectivity index (χ0v) is 13.9. The molecule has 7 heteroatoms. The Morgan fingerprint density at radius 1 is 1.14 bits per heavy atom. The highest BCUT2D eigenvalue weighted by molar-refractivity contribution is 5.97. The fourth-order valence-electron chi connectivity index (χ4n) is 2.31. The third-order valence-corrected chi connectivity index (χ3v) is 3.22. The van der Waals surface area contributed by atoms with Crippen LogP contribution < -0.4 is 10.6 Å². The van der Waals surface area contributed by atoms with Gasteiger partial charge in [-0.2, -0.15) is 0 Å². The molecule has 7 nitrogen and oxygen atoms in total. The Balaban J connectivity index is 2.30. The molecule has 0 aromatic carbocycles. The Bertz CT molecular complexity index is 410. The molecule has 3 amide bonds. The Labute approximate surface area is 131 Å². The van der Waals surface area contributed by atoms with Crippen LogP contribution in [0.4, 0.5) is 4.79 Å². The van der Waals surface area contributed by atoms with E-state index in [1.54, 1.807) is 11.8 Å². The van der Waals surface area contributed by atoms with Crippen molar-refractivity contribution in [3.8, 4) is 0 Å². The largest absolute Gasteiger partial charge is 0.450 e. The van der Waals surface area contributed by atoms with Crippen LogP contribution in [0.3, 0.4) is 0 Å². The van der Waals surface area contributed by atoms with Gasteiger partial charge >= 0.3 is 6.09 Å². The summed E-state index contributed by atoms with van der Waals surface area (Å²) in [6.07, 6.45) is 0.864. The van der Waals surface area contributed by atoms with E-state index in [2.05, 4.69) is 10.6 Å². The summed E-state index contributed by atoms with van der Waals surface area (Å²) >= 11 is 0. The van der Waals surface area contributed by atoms with Gasteiger partial charge in [-0.1, -0.05) is 0 Å². The predicted octanol–water partition coefficient (Wildman–Crippen LogP) is 1.03. The molecule has 0 unspecified atom stereocenters. The van der Waals surface area contributed by atoms with Crippen LogP contribution in [0.1, 0.15) is 47.0 Å². The number of hydrogen-bond acceptors (Lipinski definition) is 4. The van der Waals surface area contributed by atoms with Crippen LogP contribution in [-0.4, -0.2) is 54.1 Å². The third-order valence-electron chi connectivity index (χ3n) is 3.22. The van der Waals surface area contributed by atoms with Crippen molar-refractivity contribution < 1.29 is 19.1 Å². The second-order valence-corrected chi connectivity index (χ2v) is 6.50. The minimum Gasteiger partial charge on any atom is -0.450 e. The predicted molar refractivity (Wildman–Crippen MR) is 82.3 cm³/mol. The first-order valence-corrected chi connectivity index (χ1v) is 7.73. The Morgan fingerprint density at radius 2 is 1.73 bits per heavy atom. The van der Waals surface area contributed by atoms with Gasteiger partial charge in [0.25, 0.3) is 0 Å². The van der Waals surface area contributed by atoms with Gasteiger partial charge in [0.2, 0.25) is 11.8 Å². The van der Waals surface area contributed by atoms with Gasteiger partial charge in [-0.25, -0.2) is 4.79 Å². The average Bonchev–Trinajstić information content (AvgIpc) is 2.37. The van der Waals surface area contributed by atoms with Crippen molar-refractivity contribution in [2.45, 2.75) is 58.5 Å². The summed E-state index contributed by atoms with van der Waals surface area (Å²) in [5.74, 6) is -0.565. The Kier molecular flexibility index (Phi) is 6.64. The first-order chi connectivity index (χ1) is 10.2. The van der Waals surface area contributed by atoms with E-state index >= 15 is 0 Å². The van der Waals surface area contributed by atoms with Gasteiger partial charge in [0.15, 0.2) is 0 Å². The van der Waals surface area contributed by atoms with Gasteiger partial charge in [-0.15, -0.1) is 0 Å². The van der Waals surface area contributed by atoms with Gasteiger partial charge in [0.1, 0.15) is 6.42 Å². The van der Waals surface area contributed by atoms with E-state index in [4.69, 9.17) is 4.74 Å². The van der Waals surface area contributed by atoms with Crippen molar-refractivity contribution in [1.29, 1.82) is 0 Å². The molecule has 1 rings (SSSR count). The average molecular weight is 313 g/mol. The normalized spacial score (nSPS) is 16.1. The number of likely N-dealkylation sites (tertiary alicyclic amines) is 1. The highest BCUT2D eigenvalue weighted by Gasteiger charge is 2.25. The molecule has 0 spiro atoms. The Hall–Kier alpha value is -1.79. The quantitative estimate of drug-likeness (QED) is 0.759. The van der Waals surface area contributed by atoms with Gasteiger partial charge in [0.05, 0.1) is 6.61 Å². The van der Waals surface area contributed by atoms with Crippen molar-refractivity contribution in [3.05, 3.63) is 0 Å². The summed E-state index contributed by atoms with van der Waals surface area (Å²) < 4.78 is 4.94. The summed E-state index contributed by atoms with van der Waals surface area (Å²) in [4.78, 5) is 36.7. The maximum atomic E-state index is 11.8. The minimum absolute atomic E-state index is 0.000568. The van der Waals surface area contributed by atoms with Crippen molar-refractivity contribution in [3.63, 3.8) is 0 Å². The molecular formula is C15H27N3O4. The molecule has 0 atom stereocenters. The highest BCUT2D eigenvalue weighted by atomic mass is 16.6. The lowest BCUT2D eigenvalue weighted by atomic mass is 10.1. The molecule has 0 bridgehead atoms. The molecule has 1 aliphatic rings. The van der Waals surface area contributed by atoms with Crippen molar-refractivity contribution >= 4 is 17.9 Å². The van der Waals surface area contributed by atoms with Crippen LogP contribution in [-0.2, 0) is 14.3 Å². The first-order valence-electron chi connectivity index (χ1n) is 7.73. The number of carbonyl (C=O) groups is 3. The fraction of sp³-hybridized carbons (Fsp3) is 0.800. The van der Waals surface area contributed by atoms with E-state index in [1.807, 2.05) is 20.8 Å². The topological polar surface area (TPSA) is 87.7 Å². The SMILES string of the molecule is CCOC(=O)N1CCC(NC(=O)CC(=O)NC(C)(C)C)CC1. The third kappa shape index (κ3) is 6.78. The second-order valence-electron chi connectivity index (χ2n) is 6.50. The lowest BCUT2D eigenvalue weighted by molar-refractivity contribution is -0.130. The van der Waals surface area contributed by atoms with Gasteiger partial charge in [-0.05, 0) is 40.5 Å². The maximum Gasteiger partial charge on any atom is 0.409 e. The van der Waals surface area contributed by atoms with Crippen LogP contribution in [0, 0.1) is 0 Å². The molecule has 0 radical (unpaired) electrons. The molecule has 0 aromatic rings. The number of carbonyl (C=O) groups excluding carboxylic acids is 3. The van der Waals surface area contributed by atoms with Gasteiger partial charge in [-0.3, -0.25) is 9.59 Å². The zero-order valence-electron chi connectivity index (χ0n) is 13.9. The number of rotatable bonds is 4. The number of hydrogen-bond donors (Lipinski definition) is 2. The molecule has 1 fully saturated rings. The molecule has 1 heterocycles. The lowest BCUT2D eigenvalue weighted by Gasteiger charge is -2.31. The summed E-state index contributed by atoms with van der Waals surface area (Å²) in [7, 11) is 0.